The Hall–Kier alpha value is -1.26. The van der Waals surface area contributed by atoms with Crippen LogP contribution in [-0.4, -0.2) is 37.0 Å². The molecule has 1 fully saturated rings. The molecule has 0 saturated heterocycles. The third kappa shape index (κ3) is 2.85. The van der Waals surface area contributed by atoms with E-state index in [-0.39, 0.29) is 11.4 Å². The molecule has 0 unspecified atom stereocenters. The molecule has 1 aromatic rings. The Bertz CT molecular complexity index is 484. The molecule has 0 aromatic heterocycles. The number of carbonyl (C=O) groups is 1. The smallest absolute Gasteiger partial charge is 0.251 e. The van der Waals surface area contributed by atoms with Crippen molar-refractivity contribution >= 4 is 23.2 Å². The van der Waals surface area contributed by atoms with Crippen LogP contribution in [0.4, 0.5) is 5.69 Å². The minimum absolute atomic E-state index is 0.100. The Labute approximate surface area is 118 Å². The number of amides is 1. The van der Waals surface area contributed by atoms with Crippen LogP contribution in [-0.2, 0) is 0 Å². The van der Waals surface area contributed by atoms with Gasteiger partial charge in [-0.1, -0.05) is 11.6 Å². The Kier molecular flexibility index (Phi) is 4.02. The molecule has 0 bridgehead atoms. The fourth-order valence-corrected chi connectivity index (χ4v) is 2.52. The van der Waals surface area contributed by atoms with Gasteiger partial charge in [-0.3, -0.25) is 4.79 Å². The van der Waals surface area contributed by atoms with Crippen molar-refractivity contribution in [2.75, 3.05) is 26.4 Å². The maximum atomic E-state index is 12.1. The van der Waals surface area contributed by atoms with Crippen molar-refractivity contribution < 1.29 is 4.79 Å². The molecule has 0 aliphatic heterocycles. The number of nitrogens with two attached hydrogens (primary N) is 1. The summed E-state index contributed by atoms with van der Waals surface area (Å²) in [6, 6.07) is 4.95. The van der Waals surface area contributed by atoms with Gasteiger partial charge in [0.1, 0.15) is 0 Å². The standard InChI is InChI=1S/C14H20ClN3O/c1-18(2)14(6-3-7-14)9-17-13(19)10-4-5-11(15)12(16)8-10/h4-5,8H,3,6-7,9,16H2,1-2H3,(H,17,19). The van der Waals surface area contributed by atoms with E-state index in [1.54, 1.807) is 18.2 Å². The molecule has 5 heteroatoms. The molecule has 0 heterocycles. The van der Waals surface area contributed by atoms with Crippen LogP contribution in [0.3, 0.4) is 0 Å². The van der Waals surface area contributed by atoms with E-state index in [1.807, 2.05) is 0 Å². The van der Waals surface area contributed by atoms with Gasteiger partial charge in [0.15, 0.2) is 0 Å². The Balaban J connectivity index is 1.99. The van der Waals surface area contributed by atoms with E-state index in [0.29, 0.717) is 22.8 Å². The number of hydrogen-bond donors (Lipinski definition) is 2. The third-order valence-corrected chi connectivity index (χ3v) is 4.41. The van der Waals surface area contributed by atoms with Gasteiger partial charge in [-0.05, 0) is 51.6 Å². The van der Waals surface area contributed by atoms with E-state index in [4.69, 9.17) is 17.3 Å². The zero-order chi connectivity index (χ0) is 14.0. The second kappa shape index (κ2) is 5.39. The number of nitrogens with one attached hydrogen (secondary N) is 1. The lowest BCUT2D eigenvalue weighted by Crippen LogP contribution is -2.57. The number of rotatable bonds is 4. The molecule has 1 aliphatic rings. The van der Waals surface area contributed by atoms with Gasteiger partial charge in [-0.15, -0.1) is 0 Å². The SMILES string of the molecule is CN(C)C1(CNC(=O)c2ccc(Cl)c(N)c2)CCC1. The first-order valence-corrected chi connectivity index (χ1v) is 6.83. The molecule has 3 N–H and O–H groups in total. The number of hydrogen-bond acceptors (Lipinski definition) is 3. The Morgan fingerprint density at radius 1 is 1.47 bits per heavy atom. The van der Waals surface area contributed by atoms with Gasteiger partial charge in [0.05, 0.1) is 10.7 Å². The summed E-state index contributed by atoms with van der Waals surface area (Å²) in [6.45, 7) is 0.668. The van der Waals surface area contributed by atoms with Gasteiger partial charge in [-0.2, -0.15) is 0 Å². The number of likely N-dealkylation sites (N-methyl/N-ethyl adjacent to an activating group) is 1. The lowest BCUT2D eigenvalue weighted by Gasteiger charge is -2.47. The van der Waals surface area contributed by atoms with Gasteiger partial charge >= 0.3 is 0 Å². The van der Waals surface area contributed by atoms with Crippen LogP contribution in [0.15, 0.2) is 18.2 Å². The summed E-state index contributed by atoms with van der Waals surface area (Å²) in [6.07, 6.45) is 3.48. The minimum atomic E-state index is -0.100. The highest BCUT2D eigenvalue weighted by Crippen LogP contribution is 2.35. The fourth-order valence-electron chi connectivity index (χ4n) is 2.40. The summed E-state index contributed by atoms with van der Waals surface area (Å²) in [5.41, 5.74) is 6.81. The molecule has 1 aliphatic carbocycles. The number of benzene rings is 1. The summed E-state index contributed by atoms with van der Waals surface area (Å²) in [7, 11) is 4.12. The highest BCUT2D eigenvalue weighted by Gasteiger charge is 2.39. The van der Waals surface area contributed by atoms with Gasteiger partial charge in [-0.25, -0.2) is 0 Å². The van der Waals surface area contributed by atoms with Crippen LogP contribution in [0.5, 0.6) is 0 Å². The number of anilines is 1. The fraction of sp³-hybridized carbons (Fsp3) is 0.500. The Morgan fingerprint density at radius 2 is 2.16 bits per heavy atom. The van der Waals surface area contributed by atoms with E-state index >= 15 is 0 Å². The van der Waals surface area contributed by atoms with Crippen LogP contribution in [0.1, 0.15) is 29.6 Å². The predicted molar refractivity (Wildman–Crippen MR) is 78.5 cm³/mol. The topological polar surface area (TPSA) is 58.4 Å². The van der Waals surface area contributed by atoms with Crippen molar-refractivity contribution in [3.05, 3.63) is 28.8 Å². The summed E-state index contributed by atoms with van der Waals surface area (Å²) in [4.78, 5) is 14.3. The maximum absolute atomic E-state index is 12.1. The van der Waals surface area contributed by atoms with Crippen molar-refractivity contribution in [2.24, 2.45) is 0 Å². The van der Waals surface area contributed by atoms with E-state index in [2.05, 4.69) is 24.3 Å². The van der Waals surface area contributed by atoms with Gasteiger partial charge in [0.2, 0.25) is 0 Å². The average Bonchev–Trinajstić information content (AvgIpc) is 2.30. The van der Waals surface area contributed by atoms with Gasteiger partial charge in [0, 0.05) is 17.6 Å². The van der Waals surface area contributed by atoms with Crippen LogP contribution in [0.2, 0.25) is 5.02 Å². The lowest BCUT2D eigenvalue weighted by atomic mass is 9.75. The molecular formula is C14H20ClN3O. The second-order valence-corrected chi connectivity index (χ2v) is 5.80. The molecule has 1 saturated carbocycles. The van der Waals surface area contributed by atoms with Crippen molar-refractivity contribution in [3.8, 4) is 0 Å². The van der Waals surface area contributed by atoms with E-state index in [0.717, 1.165) is 12.8 Å². The Morgan fingerprint density at radius 3 is 2.63 bits per heavy atom. The van der Waals surface area contributed by atoms with E-state index in [1.165, 1.54) is 6.42 Å². The molecular weight excluding hydrogens is 262 g/mol. The zero-order valence-corrected chi connectivity index (χ0v) is 12.1. The van der Waals surface area contributed by atoms with Crippen molar-refractivity contribution in [1.82, 2.24) is 10.2 Å². The highest BCUT2D eigenvalue weighted by atomic mass is 35.5. The lowest BCUT2D eigenvalue weighted by molar-refractivity contribution is 0.0557. The monoisotopic (exact) mass is 281 g/mol. The molecule has 104 valence electrons. The maximum Gasteiger partial charge on any atom is 0.251 e. The molecule has 19 heavy (non-hydrogen) atoms. The number of halogens is 1. The van der Waals surface area contributed by atoms with Gasteiger partial charge < -0.3 is 16.0 Å². The minimum Gasteiger partial charge on any atom is -0.398 e. The molecule has 1 amide bonds. The summed E-state index contributed by atoms with van der Waals surface area (Å²) >= 11 is 5.84. The molecule has 2 rings (SSSR count). The molecule has 0 atom stereocenters. The molecule has 0 radical (unpaired) electrons. The molecule has 1 aromatic carbocycles. The highest BCUT2D eigenvalue weighted by molar-refractivity contribution is 6.33. The number of carbonyl (C=O) groups excluding carboxylic acids is 1. The van der Waals surface area contributed by atoms with Crippen molar-refractivity contribution in [2.45, 2.75) is 24.8 Å². The summed E-state index contributed by atoms with van der Waals surface area (Å²) < 4.78 is 0. The van der Waals surface area contributed by atoms with Crippen LogP contribution < -0.4 is 11.1 Å². The average molecular weight is 282 g/mol. The van der Waals surface area contributed by atoms with Crippen molar-refractivity contribution in [3.63, 3.8) is 0 Å². The first-order valence-electron chi connectivity index (χ1n) is 6.45. The summed E-state index contributed by atoms with van der Waals surface area (Å²) in [5, 5.41) is 3.46. The number of nitrogens with zero attached hydrogens (tertiary/aromatic N) is 1. The van der Waals surface area contributed by atoms with E-state index in [9.17, 15) is 4.79 Å². The third-order valence-electron chi connectivity index (χ3n) is 4.07. The zero-order valence-electron chi connectivity index (χ0n) is 11.4. The largest absolute Gasteiger partial charge is 0.398 e. The van der Waals surface area contributed by atoms with Gasteiger partial charge in [0.25, 0.3) is 5.91 Å². The number of nitrogen functional groups attached to an aromatic ring is 1. The van der Waals surface area contributed by atoms with E-state index < -0.39 is 0 Å². The predicted octanol–water partition coefficient (Wildman–Crippen LogP) is 2.14. The van der Waals surface area contributed by atoms with Crippen LogP contribution >= 0.6 is 11.6 Å². The normalized spacial score (nSPS) is 17.1. The quantitative estimate of drug-likeness (QED) is 0.832. The van der Waals surface area contributed by atoms with Crippen LogP contribution in [0, 0.1) is 0 Å². The van der Waals surface area contributed by atoms with Crippen molar-refractivity contribution in [1.29, 1.82) is 0 Å². The first kappa shape index (κ1) is 14.2. The van der Waals surface area contributed by atoms with Crippen LogP contribution in [0.25, 0.3) is 0 Å². The molecule has 4 nitrogen and oxygen atoms in total. The second-order valence-electron chi connectivity index (χ2n) is 5.39. The first-order chi connectivity index (χ1) is 8.94. The summed E-state index contributed by atoms with van der Waals surface area (Å²) in [5.74, 6) is -0.100. The molecule has 0 spiro atoms.